The zero-order chi connectivity index (χ0) is 14.8. The van der Waals surface area contributed by atoms with E-state index in [1.165, 1.54) is 0 Å². The Bertz CT molecular complexity index is 589. The van der Waals surface area contributed by atoms with Gasteiger partial charge in [0.1, 0.15) is 0 Å². The van der Waals surface area contributed by atoms with Gasteiger partial charge in [-0.1, -0.05) is 30.4 Å². The Kier molecular flexibility index (Phi) is 3.64. The molecule has 2 N–H and O–H groups in total. The highest BCUT2D eigenvalue weighted by Gasteiger charge is 2.32. The zero-order valence-electron chi connectivity index (χ0n) is 11.7. The van der Waals surface area contributed by atoms with E-state index < -0.39 is 11.9 Å². The third-order valence-electron chi connectivity index (χ3n) is 4.08. The normalized spacial score (nSPS) is 21.1. The molecule has 5 heteroatoms. The maximum atomic E-state index is 12.5. The van der Waals surface area contributed by atoms with Gasteiger partial charge < -0.3 is 10.4 Å². The molecule has 1 unspecified atom stereocenters. The van der Waals surface area contributed by atoms with Gasteiger partial charge in [0.05, 0.1) is 5.92 Å². The highest BCUT2D eigenvalue weighted by Crippen LogP contribution is 2.30. The van der Waals surface area contributed by atoms with Crippen LogP contribution in [-0.2, 0) is 11.2 Å². The van der Waals surface area contributed by atoms with Crippen molar-refractivity contribution in [2.75, 3.05) is 11.4 Å². The number of rotatable bonds is 2. The topological polar surface area (TPSA) is 69.6 Å². The van der Waals surface area contributed by atoms with Gasteiger partial charge in [0, 0.05) is 18.3 Å². The summed E-state index contributed by atoms with van der Waals surface area (Å²) in [5, 5.41) is 12.3. The standard InChI is InChI=1S/C16H18N2O3/c19-15(20)12-9-11-5-1-4-8-14(11)18(10-12)16(21)17-13-6-2-3-7-13/h1-5,8,12-13H,6-7,9-10H2,(H,17,21)(H,19,20). The third kappa shape index (κ3) is 2.77. The molecule has 0 fully saturated rings. The molecule has 1 aromatic rings. The molecule has 1 aliphatic carbocycles. The van der Waals surface area contributed by atoms with Crippen LogP contribution in [0.3, 0.4) is 0 Å². The third-order valence-corrected chi connectivity index (χ3v) is 4.08. The summed E-state index contributed by atoms with van der Waals surface area (Å²) in [6.07, 6.45) is 6.25. The number of carboxylic acids is 1. The number of nitrogens with zero attached hydrogens (tertiary/aromatic N) is 1. The maximum absolute atomic E-state index is 12.5. The number of para-hydroxylation sites is 1. The number of carbonyl (C=O) groups excluding carboxylic acids is 1. The van der Waals surface area contributed by atoms with Crippen LogP contribution < -0.4 is 10.2 Å². The van der Waals surface area contributed by atoms with Gasteiger partial charge in [0.25, 0.3) is 0 Å². The average molecular weight is 286 g/mol. The Morgan fingerprint density at radius 2 is 1.90 bits per heavy atom. The Labute approximate surface area is 123 Å². The molecule has 2 amide bonds. The molecule has 0 radical (unpaired) electrons. The number of aliphatic carboxylic acids is 1. The van der Waals surface area contributed by atoms with E-state index in [4.69, 9.17) is 0 Å². The van der Waals surface area contributed by atoms with Gasteiger partial charge in [0.15, 0.2) is 0 Å². The first-order chi connectivity index (χ1) is 10.1. The first kappa shape index (κ1) is 13.7. The molecular weight excluding hydrogens is 268 g/mol. The lowest BCUT2D eigenvalue weighted by molar-refractivity contribution is -0.141. The van der Waals surface area contributed by atoms with Gasteiger partial charge in [-0.05, 0) is 30.9 Å². The van der Waals surface area contributed by atoms with Crippen molar-refractivity contribution in [2.24, 2.45) is 5.92 Å². The van der Waals surface area contributed by atoms with E-state index in [0.29, 0.717) is 6.42 Å². The number of fused-ring (bicyclic) bond motifs is 1. The van der Waals surface area contributed by atoms with Crippen molar-refractivity contribution in [1.82, 2.24) is 5.32 Å². The van der Waals surface area contributed by atoms with Crippen LogP contribution in [0.1, 0.15) is 18.4 Å². The minimum atomic E-state index is -0.857. The second-order valence-corrected chi connectivity index (χ2v) is 5.57. The molecule has 0 spiro atoms. The summed E-state index contributed by atoms with van der Waals surface area (Å²) in [7, 11) is 0. The SMILES string of the molecule is O=C(O)C1Cc2ccccc2N(C(=O)NC2CC=CC2)C1. The van der Waals surface area contributed by atoms with Gasteiger partial charge in [-0.15, -0.1) is 0 Å². The second kappa shape index (κ2) is 5.60. The Balaban J connectivity index is 1.82. The fourth-order valence-corrected chi connectivity index (χ4v) is 2.94. The number of anilines is 1. The van der Waals surface area contributed by atoms with Gasteiger partial charge >= 0.3 is 12.0 Å². The number of hydrogen-bond donors (Lipinski definition) is 2. The van der Waals surface area contributed by atoms with E-state index >= 15 is 0 Å². The molecular formula is C16H18N2O3. The minimum absolute atomic E-state index is 0.120. The number of carbonyl (C=O) groups is 2. The van der Waals surface area contributed by atoms with Crippen molar-refractivity contribution in [3.63, 3.8) is 0 Å². The van der Waals surface area contributed by atoms with Crippen LogP contribution in [0.2, 0.25) is 0 Å². The number of benzene rings is 1. The van der Waals surface area contributed by atoms with Crippen molar-refractivity contribution in [1.29, 1.82) is 0 Å². The Hall–Kier alpha value is -2.30. The van der Waals surface area contributed by atoms with E-state index in [9.17, 15) is 14.7 Å². The minimum Gasteiger partial charge on any atom is -0.481 e. The molecule has 1 atom stereocenters. The molecule has 1 aliphatic heterocycles. The summed E-state index contributed by atoms with van der Waals surface area (Å²) >= 11 is 0. The van der Waals surface area contributed by atoms with Crippen LogP contribution in [0.25, 0.3) is 0 Å². The van der Waals surface area contributed by atoms with Crippen LogP contribution in [0.4, 0.5) is 10.5 Å². The molecule has 0 bridgehead atoms. The van der Waals surface area contributed by atoms with Crippen molar-refractivity contribution in [3.05, 3.63) is 42.0 Å². The number of hydrogen-bond acceptors (Lipinski definition) is 2. The molecule has 0 aromatic heterocycles. The smallest absolute Gasteiger partial charge is 0.322 e. The lowest BCUT2D eigenvalue weighted by atomic mass is 9.93. The lowest BCUT2D eigenvalue weighted by Crippen LogP contribution is -2.49. The highest BCUT2D eigenvalue weighted by molar-refractivity contribution is 5.94. The monoisotopic (exact) mass is 286 g/mol. The predicted octanol–water partition coefficient (Wildman–Crippen LogP) is 2.18. The van der Waals surface area contributed by atoms with Crippen LogP contribution in [-0.4, -0.2) is 29.7 Å². The molecule has 110 valence electrons. The van der Waals surface area contributed by atoms with Crippen molar-refractivity contribution < 1.29 is 14.7 Å². The van der Waals surface area contributed by atoms with E-state index in [1.807, 2.05) is 24.3 Å². The van der Waals surface area contributed by atoms with E-state index in [-0.39, 0.29) is 18.6 Å². The van der Waals surface area contributed by atoms with Gasteiger partial charge in [-0.3, -0.25) is 9.69 Å². The number of nitrogens with one attached hydrogen (secondary N) is 1. The van der Waals surface area contributed by atoms with Crippen molar-refractivity contribution in [2.45, 2.75) is 25.3 Å². The number of urea groups is 1. The van der Waals surface area contributed by atoms with Crippen LogP contribution in [0.5, 0.6) is 0 Å². The summed E-state index contributed by atoms with van der Waals surface area (Å²) in [6.45, 7) is 0.221. The molecule has 0 saturated heterocycles. The van der Waals surface area contributed by atoms with Crippen molar-refractivity contribution >= 4 is 17.7 Å². The fraction of sp³-hybridized carbons (Fsp3) is 0.375. The molecule has 2 aliphatic rings. The largest absolute Gasteiger partial charge is 0.481 e. The predicted molar refractivity (Wildman–Crippen MR) is 79.3 cm³/mol. The summed E-state index contributed by atoms with van der Waals surface area (Å²) in [5.74, 6) is -1.41. The Morgan fingerprint density at radius 3 is 2.62 bits per heavy atom. The maximum Gasteiger partial charge on any atom is 0.322 e. The van der Waals surface area contributed by atoms with Crippen LogP contribution >= 0.6 is 0 Å². The fourth-order valence-electron chi connectivity index (χ4n) is 2.94. The van der Waals surface area contributed by atoms with E-state index in [1.54, 1.807) is 4.90 Å². The molecule has 1 aromatic carbocycles. The van der Waals surface area contributed by atoms with Crippen molar-refractivity contribution in [3.8, 4) is 0 Å². The number of amides is 2. The molecule has 21 heavy (non-hydrogen) atoms. The first-order valence-electron chi connectivity index (χ1n) is 7.19. The quantitative estimate of drug-likeness (QED) is 0.819. The summed E-state index contributed by atoms with van der Waals surface area (Å²) < 4.78 is 0. The lowest BCUT2D eigenvalue weighted by Gasteiger charge is -2.33. The highest BCUT2D eigenvalue weighted by atomic mass is 16.4. The average Bonchev–Trinajstić information content (AvgIpc) is 2.98. The van der Waals surface area contributed by atoms with Gasteiger partial charge in [-0.2, -0.15) is 0 Å². The van der Waals surface area contributed by atoms with E-state index in [0.717, 1.165) is 24.1 Å². The summed E-state index contributed by atoms with van der Waals surface area (Å²) in [4.78, 5) is 25.4. The van der Waals surface area contributed by atoms with Gasteiger partial charge in [0.2, 0.25) is 0 Å². The molecule has 3 rings (SSSR count). The molecule has 0 saturated carbocycles. The first-order valence-corrected chi connectivity index (χ1v) is 7.19. The Morgan fingerprint density at radius 1 is 1.19 bits per heavy atom. The van der Waals surface area contributed by atoms with Crippen LogP contribution in [0.15, 0.2) is 36.4 Å². The molecule has 1 heterocycles. The summed E-state index contributed by atoms with van der Waals surface area (Å²) in [5.41, 5.74) is 1.73. The van der Waals surface area contributed by atoms with Crippen LogP contribution in [0, 0.1) is 5.92 Å². The zero-order valence-corrected chi connectivity index (χ0v) is 11.7. The van der Waals surface area contributed by atoms with Gasteiger partial charge in [-0.25, -0.2) is 4.79 Å². The molecule has 5 nitrogen and oxygen atoms in total. The summed E-state index contributed by atoms with van der Waals surface area (Å²) in [6, 6.07) is 7.43. The number of carboxylic acid groups (broad SMARTS) is 1. The second-order valence-electron chi connectivity index (χ2n) is 5.57. The van der Waals surface area contributed by atoms with E-state index in [2.05, 4.69) is 17.5 Å².